The summed E-state index contributed by atoms with van der Waals surface area (Å²) in [5.74, 6) is -0.347. The van der Waals surface area contributed by atoms with Gasteiger partial charge in [0.05, 0.1) is 0 Å². The van der Waals surface area contributed by atoms with Gasteiger partial charge in [-0.05, 0) is 37.9 Å². The van der Waals surface area contributed by atoms with Gasteiger partial charge in [-0.2, -0.15) is 0 Å². The number of nitrogens with one attached hydrogen (secondary N) is 2. The lowest BCUT2D eigenvalue weighted by atomic mass is 10.0. The van der Waals surface area contributed by atoms with Crippen molar-refractivity contribution in [3.8, 4) is 0 Å². The van der Waals surface area contributed by atoms with Crippen molar-refractivity contribution in [3.63, 3.8) is 0 Å². The van der Waals surface area contributed by atoms with Gasteiger partial charge in [-0.1, -0.05) is 18.2 Å². The van der Waals surface area contributed by atoms with E-state index in [0.717, 1.165) is 31.3 Å². The zero-order chi connectivity index (χ0) is 14.8. The highest BCUT2D eigenvalue weighted by Crippen LogP contribution is 2.19. The summed E-state index contributed by atoms with van der Waals surface area (Å²) in [6.45, 7) is 3.50. The van der Waals surface area contributed by atoms with Gasteiger partial charge in [-0.25, -0.2) is 4.79 Å². The van der Waals surface area contributed by atoms with E-state index in [-0.39, 0.29) is 29.9 Å². The van der Waals surface area contributed by atoms with Gasteiger partial charge >= 0.3 is 5.63 Å². The average molecular weight is 323 g/mol. The highest BCUT2D eigenvalue weighted by molar-refractivity contribution is 5.99. The van der Waals surface area contributed by atoms with Crippen molar-refractivity contribution in [2.75, 3.05) is 13.1 Å². The van der Waals surface area contributed by atoms with E-state index >= 15 is 0 Å². The Bertz CT molecular complexity index is 736. The molecule has 1 aromatic carbocycles. The second kappa shape index (κ2) is 6.94. The number of piperidine rings is 1. The van der Waals surface area contributed by atoms with Gasteiger partial charge in [0.2, 0.25) is 0 Å². The summed E-state index contributed by atoms with van der Waals surface area (Å²) in [5.41, 5.74) is 0.714. The molecule has 118 valence electrons. The number of para-hydroxylation sites is 1. The first-order chi connectivity index (χ1) is 10.2. The van der Waals surface area contributed by atoms with Crippen LogP contribution in [0.25, 0.3) is 11.0 Å². The van der Waals surface area contributed by atoms with Gasteiger partial charge in [0.1, 0.15) is 11.1 Å². The number of rotatable bonds is 2. The van der Waals surface area contributed by atoms with Crippen molar-refractivity contribution < 1.29 is 9.21 Å². The minimum absolute atomic E-state index is 0. The van der Waals surface area contributed by atoms with Gasteiger partial charge < -0.3 is 15.1 Å². The zero-order valence-corrected chi connectivity index (χ0v) is 13.2. The summed E-state index contributed by atoms with van der Waals surface area (Å²) >= 11 is 0. The van der Waals surface area contributed by atoms with Gasteiger partial charge in [-0.3, -0.25) is 4.79 Å². The fourth-order valence-electron chi connectivity index (χ4n) is 2.80. The smallest absolute Gasteiger partial charge is 0.349 e. The number of benzene rings is 1. The monoisotopic (exact) mass is 322 g/mol. The number of amides is 1. The van der Waals surface area contributed by atoms with Crippen molar-refractivity contribution in [1.82, 2.24) is 10.6 Å². The SMILES string of the molecule is Cc1c(C(=O)N[C@H]2CCCNC2)c(=O)oc2ccccc12.Cl. The van der Waals surface area contributed by atoms with E-state index in [4.69, 9.17) is 4.42 Å². The van der Waals surface area contributed by atoms with E-state index in [1.54, 1.807) is 19.1 Å². The van der Waals surface area contributed by atoms with Crippen LogP contribution in [0, 0.1) is 6.92 Å². The predicted molar refractivity (Wildman–Crippen MR) is 87.8 cm³/mol. The molecule has 5 nitrogen and oxygen atoms in total. The van der Waals surface area contributed by atoms with Crippen molar-refractivity contribution in [3.05, 3.63) is 45.8 Å². The van der Waals surface area contributed by atoms with Gasteiger partial charge in [0, 0.05) is 18.0 Å². The number of carbonyl (C=O) groups is 1. The maximum Gasteiger partial charge on any atom is 0.349 e. The first-order valence-electron chi connectivity index (χ1n) is 7.21. The highest BCUT2D eigenvalue weighted by atomic mass is 35.5. The molecule has 22 heavy (non-hydrogen) atoms. The molecule has 1 aliphatic heterocycles. The van der Waals surface area contributed by atoms with E-state index in [2.05, 4.69) is 10.6 Å². The highest BCUT2D eigenvalue weighted by Gasteiger charge is 2.22. The lowest BCUT2D eigenvalue weighted by molar-refractivity contribution is 0.0926. The lowest BCUT2D eigenvalue weighted by Gasteiger charge is -2.23. The Morgan fingerprint density at radius 2 is 2.14 bits per heavy atom. The summed E-state index contributed by atoms with van der Waals surface area (Å²) < 4.78 is 5.25. The second-order valence-electron chi connectivity index (χ2n) is 5.40. The number of hydrogen-bond donors (Lipinski definition) is 2. The molecule has 2 N–H and O–H groups in total. The van der Waals surface area contributed by atoms with E-state index in [9.17, 15) is 9.59 Å². The topological polar surface area (TPSA) is 71.3 Å². The Labute approximate surface area is 134 Å². The van der Waals surface area contributed by atoms with Gasteiger partial charge in [0.15, 0.2) is 0 Å². The van der Waals surface area contributed by atoms with Crippen LogP contribution in [0.3, 0.4) is 0 Å². The molecule has 0 saturated carbocycles. The first-order valence-corrected chi connectivity index (χ1v) is 7.21. The quantitative estimate of drug-likeness (QED) is 0.830. The lowest BCUT2D eigenvalue weighted by Crippen LogP contribution is -2.46. The molecular weight excluding hydrogens is 304 g/mol. The Morgan fingerprint density at radius 3 is 2.86 bits per heavy atom. The molecule has 1 aliphatic rings. The van der Waals surface area contributed by atoms with Gasteiger partial charge in [0.25, 0.3) is 5.91 Å². The van der Waals surface area contributed by atoms with Gasteiger partial charge in [-0.15, -0.1) is 12.4 Å². The molecule has 1 atom stereocenters. The van der Waals surface area contributed by atoms with Crippen molar-refractivity contribution >= 4 is 29.3 Å². The zero-order valence-electron chi connectivity index (χ0n) is 12.3. The van der Waals surface area contributed by atoms with Crippen molar-refractivity contribution in [1.29, 1.82) is 0 Å². The minimum atomic E-state index is -0.576. The Hall–Kier alpha value is -1.85. The van der Waals surface area contributed by atoms with Crippen LogP contribution >= 0.6 is 12.4 Å². The maximum absolute atomic E-state index is 12.4. The molecule has 1 aromatic heterocycles. The third-order valence-corrected chi connectivity index (χ3v) is 3.93. The fraction of sp³-hybridized carbons (Fsp3) is 0.375. The van der Waals surface area contributed by atoms with Crippen LogP contribution in [0.15, 0.2) is 33.5 Å². The summed E-state index contributed by atoms with van der Waals surface area (Å²) in [6.07, 6.45) is 1.95. The van der Waals surface area contributed by atoms with Crippen LogP contribution in [-0.4, -0.2) is 25.0 Å². The fourth-order valence-corrected chi connectivity index (χ4v) is 2.80. The average Bonchev–Trinajstić information content (AvgIpc) is 2.48. The minimum Gasteiger partial charge on any atom is -0.422 e. The summed E-state index contributed by atoms with van der Waals surface area (Å²) in [4.78, 5) is 24.5. The summed E-state index contributed by atoms with van der Waals surface area (Å²) in [5, 5.41) is 6.95. The molecule has 0 aliphatic carbocycles. The maximum atomic E-state index is 12.4. The van der Waals surface area contributed by atoms with Crippen LogP contribution in [0.5, 0.6) is 0 Å². The molecular formula is C16H19ClN2O3. The molecule has 0 radical (unpaired) electrons. The second-order valence-corrected chi connectivity index (χ2v) is 5.40. The molecule has 3 rings (SSSR count). The van der Waals surface area contributed by atoms with E-state index in [1.165, 1.54) is 0 Å². The van der Waals surface area contributed by atoms with E-state index in [1.807, 2.05) is 12.1 Å². The van der Waals surface area contributed by atoms with Crippen LogP contribution in [0.2, 0.25) is 0 Å². The van der Waals surface area contributed by atoms with Crippen molar-refractivity contribution in [2.24, 2.45) is 0 Å². The van der Waals surface area contributed by atoms with E-state index < -0.39 is 5.63 Å². The molecule has 2 aromatic rings. The van der Waals surface area contributed by atoms with E-state index in [0.29, 0.717) is 11.1 Å². The van der Waals surface area contributed by atoms with Crippen LogP contribution in [0.1, 0.15) is 28.8 Å². The molecule has 0 unspecified atom stereocenters. The molecule has 1 amide bonds. The number of carbonyl (C=O) groups excluding carboxylic acids is 1. The summed E-state index contributed by atoms with van der Waals surface area (Å²) in [6, 6.07) is 7.32. The number of hydrogen-bond acceptors (Lipinski definition) is 4. The standard InChI is InChI=1S/C16H18N2O3.ClH/c1-10-12-6-2-3-7-13(12)21-16(20)14(10)15(19)18-11-5-4-8-17-9-11;/h2-3,6-7,11,17H,4-5,8-9H2,1H3,(H,18,19);1H/t11-;/m0./s1. The Balaban J connectivity index is 0.00000176. The summed E-state index contributed by atoms with van der Waals surface area (Å²) in [7, 11) is 0. The molecule has 1 saturated heterocycles. The third-order valence-electron chi connectivity index (χ3n) is 3.93. The predicted octanol–water partition coefficient (Wildman–Crippen LogP) is 2.01. The molecule has 0 spiro atoms. The van der Waals surface area contributed by atoms with Crippen LogP contribution in [0.4, 0.5) is 0 Å². The largest absolute Gasteiger partial charge is 0.422 e. The molecule has 1 fully saturated rings. The number of fused-ring (bicyclic) bond motifs is 1. The third kappa shape index (κ3) is 3.15. The van der Waals surface area contributed by atoms with Crippen LogP contribution < -0.4 is 16.3 Å². The molecule has 6 heteroatoms. The first kappa shape index (κ1) is 16.5. The number of halogens is 1. The molecule has 2 heterocycles. The Morgan fingerprint density at radius 1 is 1.36 bits per heavy atom. The molecule has 0 bridgehead atoms. The Kier molecular flexibility index (Phi) is 5.21. The number of aryl methyl sites for hydroxylation is 1. The normalized spacial score (nSPS) is 17.8. The van der Waals surface area contributed by atoms with Crippen LogP contribution in [-0.2, 0) is 0 Å². The van der Waals surface area contributed by atoms with Crippen molar-refractivity contribution in [2.45, 2.75) is 25.8 Å².